The molecule has 1 heterocycles. The molecule has 1 unspecified atom stereocenters. The van der Waals surface area contributed by atoms with Gasteiger partial charge < -0.3 is 15.8 Å². The Morgan fingerprint density at radius 2 is 1.91 bits per heavy atom. The van der Waals surface area contributed by atoms with E-state index in [0.29, 0.717) is 17.8 Å². The minimum atomic E-state index is -0.380. The van der Waals surface area contributed by atoms with E-state index in [1.807, 2.05) is 18.2 Å². The molecule has 0 amide bonds. The van der Waals surface area contributed by atoms with Gasteiger partial charge in [-0.25, -0.2) is 4.79 Å². The Balaban J connectivity index is 1.69. The number of nitrogens with zero attached hydrogens (tertiary/aromatic N) is 1. The third kappa shape index (κ3) is 3.88. The molecule has 5 heteroatoms. The summed E-state index contributed by atoms with van der Waals surface area (Å²) in [5.74, 6) is -0.380. The van der Waals surface area contributed by atoms with Crippen molar-refractivity contribution in [3.05, 3.63) is 65.7 Å². The summed E-state index contributed by atoms with van der Waals surface area (Å²) in [5.41, 5.74) is 7.91. The minimum absolute atomic E-state index is 0.295. The van der Waals surface area contributed by atoms with Gasteiger partial charge in [-0.1, -0.05) is 42.5 Å². The summed E-state index contributed by atoms with van der Waals surface area (Å²) < 4.78 is 5.69. The van der Waals surface area contributed by atoms with Crippen LogP contribution in [0.1, 0.15) is 15.9 Å². The van der Waals surface area contributed by atoms with Gasteiger partial charge in [0.25, 0.3) is 0 Å². The van der Waals surface area contributed by atoms with Gasteiger partial charge in [0.15, 0.2) is 6.23 Å². The molecule has 0 aliphatic carbocycles. The number of carbonyl (C=O) groups excluding carboxylic acids is 1. The third-order valence-corrected chi connectivity index (χ3v) is 3.95. The minimum Gasteiger partial charge on any atom is -0.441 e. The van der Waals surface area contributed by atoms with Crippen LogP contribution in [0.5, 0.6) is 0 Å². The Bertz CT molecular complexity index is 660. The first kappa shape index (κ1) is 15.5. The number of para-hydroxylation sites is 1. The topological polar surface area (TPSA) is 67.6 Å². The number of ether oxygens (including phenoxy) is 1. The van der Waals surface area contributed by atoms with Crippen molar-refractivity contribution in [2.45, 2.75) is 12.8 Å². The Hall–Kier alpha value is -2.37. The van der Waals surface area contributed by atoms with E-state index >= 15 is 0 Å². The average molecular weight is 311 g/mol. The fraction of sp³-hybridized carbons (Fsp3) is 0.278. The van der Waals surface area contributed by atoms with Crippen molar-refractivity contribution in [1.82, 2.24) is 10.2 Å². The first-order chi connectivity index (χ1) is 11.2. The number of piperazine rings is 1. The Morgan fingerprint density at radius 1 is 1.17 bits per heavy atom. The highest BCUT2D eigenvalue weighted by atomic mass is 16.6. The first-order valence-corrected chi connectivity index (χ1v) is 7.78. The third-order valence-electron chi connectivity index (χ3n) is 3.95. The van der Waals surface area contributed by atoms with Crippen LogP contribution in [0.4, 0.5) is 5.69 Å². The lowest BCUT2D eigenvalue weighted by atomic mass is 10.2. The number of nitrogen functional groups attached to an aromatic ring is 1. The lowest BCUT2D eigenvalue weighted by Crippen LogP contribution is -2.52. The van der Waals surface area contributed by atoms with E-state index in [9.17, 15) is 4.79 Å². The standard InChI is InChI=1S/C18H21N3O2/c19-16-9-5-4-8-15(16)18(22)23-17-12-20-10-11-21(17)13-14-6-2-1-3-7-14/h1-9,17,20H,10-13,19H2. The van der Waals surface area contributed by atoms with E-state index in [2.05, 4.69) is 22.3 Å². The average Bonchev–Trinajstić information content (AvgIpc) is 2.58. The number of hydrogen-bond donors (Lipinski definition) is 2. The Labute approximate surface area is 136 Å². The summed E-state index contributed by atoms with van der Waals surface area (Å²) in [6.07, 6.45) is -0.295. The van der Waals surface area contributed by atoms with Crippen LogP contribution in [0, 0.1) is 0 Å². The molecule has 3 N–H and O–H groups in total. The molecule has 2 aromatic carbocycles. The molecule has 5 nitrogen and oxygen atoms in total. The molecule has 23 heavy (non-hydrogen) atoms. The quantitative estimate of drug-likeness (QED) is 0.666. The summed E-state index contributed by atoms with van der Waals surface area (Å²) in [6, 6.07) is 17.2. The van der Waals surface area contributed by atoms with Crippen LogP contribution in [-0.2, 0) is 11.3 Å². The number of rotatable bonds is 4. The highest BCUT2D eigenvalue weighted by Gasteiger charge is 2.26. The molecule has 3 rings (SSSR count). The van der Waals surface area contributed by atoms with Gasteiger partial charge in [0, 0.05) is 31.9 Å². The van der Waals surface area contributed by atoms with E-state index in [1.54, 1.807) is 24.3 Å². The van der Waals surface area contributed by atoms with Gasteiger partial charge >= 0.3 is 5.97 Å². The summed E-state index contributed by atoms with van der Waals surface area (Å²) in [6.45, 7) is 3.08. The highest BCUT2D eigenvalue weighted by Crippen LogP contribution is 2.16. The van der Waals surface area contributed by atoms with Crippen LogP contribution in [-0.4, -0.2) is 36.7 Å². The maximum absolute atomic E-state index is 12.4. The molecule has 0 aromatic heterocycles. The molecule has 120 valence electrons. The normalized spacial score (nSPS) is 18.5. The van der Waals surface area contributed by atoms with Gasteiger partial charge in [-0.2, -0.15) is 0 Å². The molecule has 1 fully saturated rings. The van der Waals surface area contributed by atoms with Crippen LogP contribution in [0.2, 0.25) is 0 Å². The zero-order chi connectivity index (χ0) is 16.1. The van der Waals surface area contributed by atoms with Crippen LogP contribution in [0.3, 0.4) is 0 Å². The largest absolute Gasteiger partial charge is 0.441 e. The van der Waals surface area contributed by atoms with Gasteiger partial charge in [-0.05, 0) is 17.7 Å². The number of esters is 1. The number of hydrogen-bond acceptors (Lipinski definition) is 5. The monoisotopic (exact) mass is 311 g/mol. The summed E-state index contributed by atoms with van der Waals surface area (Å²) in [5, 5.41) is 3.27. The van der Waals surface area contributed by atoms with Crippen molar-refractivity contribution >= 4 is 11.7 Å². The van der Waals surface area contributed by atoms with Crippen molar-refractivity contribution in [1.29, 1.82) is 0 Å². The summed E-state index contributed by atoms with van der Waals surface area (Å²) in [7, 11) is 0. The summed E-state index contributed by atoms with van der Waals surface area (Å²) >= 11 is 0. The molecular weight excluding hydrogens is 290 g/mol. The van der Waals surface area contributed by atoms with Crippen molar-refractivity contribution in [2.75, 3.05) is 25.4 Å². The van der Waals surface area contributed by atoms with Crippen LogP contribution in [0.25, 0.3) is 0 Å². The molecule has 1 aliphatic heterocycles. The number of carbonyl (C=O) groups is 1. The molecule has 1 saturated heterocycles. The second-order valence-corrected chi connectivity index (χ2v) is 5.61. The molecule has 1 aliphatic rings. The molecule has 2 aromatic rings. The number of benzene rings is 2. The fourth-order valence-corrected chi connectivity index (χ4v) is 2.71. The van der Waals surface area contributed by atoms with E-state index in [1.165, 1.54) is 5.56 Å². The molecular formula is C18H21N3O2. The Kier molecular flexibility index (Phi) is 4.90. The van der Waals surface area contributed by atoms with E-state index in [4.69, 9.17) is 10.5 Å². The second-order valence-electron chi connectivity index (χ2n) is 5.61. The zero-order valence-corrected chi connectivity index (χ0v) is 12.9. The van der Waals surface area contributed by atoms with Gasteiger partial charge in [0.2, 0.25) is 0 Å². The second kappa shape index (κ2) is 7.26. The van der Waals surface area contributed by atoms with Crippen molar-refractivity contribution in [3.8, 4) is 0 Å². The SMILES string of the molecule is Nc1ccccc1C(=O)OC1CNCCN1Cc1ccccc1. The molecule has 0 saturated carbocycles. The van der Waals surface area contributed by atoms with Gasteiger partial charge in [-0.3, -0.25) is 4.90 Å². The highest BCUT2D eigenvalue weighted by molar-refractivity contribution is 5.95. The fourth-order valence-electron chi connectivity index (χ4n) is 2.71. The smallest absolute Gasteiger partial charge is 0.341 e. The van der Waals surface area contributed by atoms with Crippen molar-refractivity contribution in [2.24, 2.45) is 0 Å². The van der Waals surface area contributed by atoms with Gasteiger partial charge in [0.1, 0.15) is 0 Å². The zero-order valence-electron chi connectivity index (χ0n) is 12.9. The number of anilines is 1. The molecule has 0 bridgehead atoms. The maximum atomic E-state index is 12.4. The first-order valence-electron chi connectivity index (χ1n) is 7.78. The Morgan fingerprint density at radius 3 is 2.70 bits per heavy atom. The van der Waals surface area contributed by atoms with E-state index in [-0.39, 0.29) is 12.2 Å². The number of nitrogens with two attached hydrogens (primary N) is 1. The maximum Gasteiger partial charge on any atom is 0.341 e. The van der Waals surface area contributed by atoms with Crippen LogP contribution < -0.4 is 11.1 Å². The predicted molar refractivity (Wildman–Crippen MR) is 89.8 cm³/mol. The molecule has 1 atom stereocenters. The predicted octanol–water partition coefficient (Wildman–Crippen LogP) is 1.86. The van der Waals surface area contributed by atoms with E-state index in [0.717, 1.165) is 19.6 Å². The van der Waals surface area contributed by atoms with Crippen molar-refractivity contribution < 1.29 is 9.53 Å². The van der Waals surface area contributed by atoms with Crippen LogP contribution >= 0.6 is 0 Å². The molecule has 0 spiro atoms. The summed E-state index contributed by atoms with van der Waals surface area (Å²) in [4.78, 5) is 14.5. The number of nitrogens with one attached hydrogen (secondary N) is 1. The van der Waals surface area contributed by atoms with Crippen LogP contribution in [0.15, 0.2) is 54.6 Å². The van der Waals surface area contributed by atoms with Crippen molar-refractivity contribution in [3.63, 3.8) is 0 Å². The van der Waals surface area contributed by atoms with E-state index < -0.39 is 0 Å². The van der Waals surface area contributed by atoms with Gasteiger partial charge in [-0.15, -0.1) is 0 Å². The van der Waals surface area contributed by atoms with Gasteiger partial charge in [0.05, 0.1) is 5.56 Å². The lowest BCUT2D eigenvalue weighted by Gasteiger charge is -2.35. The molecule has 0 radical (unpaired) electrons. The lowest BCUT2D eigenvalue weighted by molar-refractivity contribution is -0.0464.